The number of hydrogen-bond acceptors (Lipinski definition) is 4. The van der Waals surface area contributed by atoms with Crippen LogP contribution in [-0.4, -0.2) is 64.7 Å². The SMILES string of the molecule is Cc1cc(CNC(=O)N2CCC(N(C)CC(C)O)CC2)ccn1. The number of aliphatic hydroxyl groups is 1. The molecule has 1 aliphatic rings. The van der Waals surface area contributed by atoms with Crippen LogP contribution in [0.5, 0.6) is 0 Å². The van der Waals surface area contributed by atoms with Gasteiger partial charge in [0.15, 0.2) is 0 Å². The fourth-order valence-corrected chi connectivity index (χ4v) is 3.08. The van der Waals surface area contributed by atoms with Crippen LogP contribution in [0.25, 0.3) is 0 Å². The lowest BCUT2D eigenvalue weighted by atomic mass is 10.0. The average molecular weight is 320 g/mol. The molecular weight excluding hydrogens is 292 g/mol. The van der Waals surface area contributed by atoms with Crippen LogP contribution < -0.4 is 5.32 Å². The fraction of sp³-hybridized carbons (Fsp3) is 0.647. The van der Waals surface area contributed by atoms with Gasteiger partial charge in [-0.3, -0.25) is 4.98 Å². The maximum atomic E-state index is 12.3. The number of aromatic nitrogens is 1. The van der Waals surface area contributed by atoms with E-state index in [2.05, 4.69) is 15.2 Å². The number of carbonyl (C=O) groups excluding carboxylic acids is 1. The van der Waals surface area contributed by atoms with Crippen LogP contribution >= 0.6 is 0 Å². The van der Waals surface area contributed by atoms with Crippen molar-refractivity contribution < 1.29 is 9.90 Å². The molecule has 6 nitrogen and oxygen atoms in total. The molecule has 1 unspecified atom stereocenters. The van der Waals surface area contributed by atoms with Crippen LogP contribution in [0.15, 0.2) is 18.3 Å². The fourth-order valence-electron chi connectivity index (χ4n) is 3.08. The lowest BCUT2D eigenvalue weighted by molar-refractivity contribution is 0.0874. The van der Waals surface area contributed by atoms with Crippen LogP contribution in [0.1, 0.15) is 31.0 Å². The number of aryl methyl sites for hydroxylation is 1. The smallest absolute Gasteiger partial charge is 0.317 e. The second-order valence-corrected chi connectivity index (χ2v) is 6.47. The van der Waals surface area contributed by atoms with Crippen molar-refractivity contribution in [2.24, 2.45) is 0 Å². The molecule has 0 spiro atoms. The third-order valence-corrected chi connectivity index (χ3v) is 4.33. The number of carbonyl (C=O) groups is 1. The van der Waals surface area contributed by atoms with Gasteiger partial charge in [0.25, 0.3) is 0 Å². The number of nitrogens with zero attached hydrogens (tertiary/aromatic N) is 3. The molecule has 2 amide bonds. The summed E-state index contributed by atoms with van der Waals surface area (Å²) in [4.78, 5) is 20.5. The predicted molar refractivity (Wildman–Crippen MR) is 90.1 cm³/mol. The number of urea groups is 1. The minimum Gasteiger partial charge on any atom is -0.392 e. The van der Waals surface area contributed by atoms with E-state index in [1.165, 1.54) is 0 Å². The highest BCUT2D eigenvalue weighted by atomic mass is 16.3. The van der Waals surface area contributed by atoms with E-state index < -0.39 is 0 Å². The van der Waals surface area contributed by atoms with E-state index in [0.717, 1.165) is 37.2 Å². The largest absolute Gasteiger partial charge is 0.392 e. The number of likely N-dealkylation sites (tertiary alicyclic amines) is 1. The molecule has 0 radical (unpaired) electrons. The van der Waals surface area contributed by atoms with Gasteiger partial charge in [0.2, 0.25) is 0 Å². The highest BCUT2D eigenvalue weighted by Crippen LogP contribution is 2.16. The van der Waals surface area contributed by atoms with Gasteiger partial charge in [0.1, 0.15) is 0 Å². The summed E-state index contributed by atoms with van der Waals surface area (Å²) in [6.07, 6.45) is 3.35. The summed E-state index contributed by atoms with van der Waals surface area (Å²) < 4.78 is 0. The van der Waals surface area contributed by atoms with E-state index in [1.807, 2.05) is 31.0 Å². The van der Waals surface area contributed by atoms with Crippen molar-refractivity contribution in [2.75, 3.05) is 26.7 Å². The number of pyridine rings is 1. The predicted octanol–water partition coefficient (Wildman–Crippen LogP) is 1.38. The molecule has 1 saturated heterocycles. The highest BCUT2D eigenvalue weighted by molar-refractivity contribution is 5.74. The number of aliphatic hydroxyl groups excluding tert-OH is 1. The number of nitrogens with one attached hydrogen (secondary N) is 1. The van der Waals surface area contributed by atoms with E-state index in [-0.39, 0.29) is 12.1 Å². The number of likely N-dealkylation sites (N-methyl/N-ethyl adjacent to an activating group) is 1. The summed E-state index contributed by atoms with van der Waals surface area (Å²) in [6, 6.07) is 4.34. The molecule has 0 aliphatic carbocycles. The van der Waals surface area contributed by atoms with Gasteiger partial charge in [-0.05, 0) is 51.4 Å². The Morgan fingerprint density at radius 1 is 1.52 bits per heavy atom. The molecule has 1 aliphatic heterocycles. The number of amides is 2. The molecular formula is C17H28N4O2. The third-order valence-electron chi connectivity index (χ3n) is 4.33. The van der Waals surface area contributed by atoms with Gasteiger partial charge in [-0.1, -0.05) is 0 Å². The monoisotopic (exact) mass is 320 g/mol. The second kappa shape index (κ2) is 8.26. The molecule has 0 saturated carbocycles. The van der Waals surface area contributed by atoms with Crippen molar-refractivity contribution in [3.05, 3.63) is 29.6 Å². The van der Waals surface area contributed by atoms with Gasteiger partial charge in [-0.25, -0.2) is 4.79 Å². The van der Waals surface area contributed by atoms with Gasteiger partial charge in [0, 0.05) is 44.1 Å². The van der Waals surface area contributed by atoms with Gasteiger partial charge < -0.3 is 20.2 Å². The Balaban J connectivity index is 1.75. The van der Waals surface area contributed by atoms with Crippen LogP contribution in [0.3, 0.4) is 0 Å². The summed E-state index contributed by atoms with van der Waals surface area (Å²) in [5.74, 6) is 0. The molecule has 0 bridgehead atoms. The number of hydrogen-bond donors (Lipinski definition) is 2. The second-order valence-electron chi connectivity index (χ2n) is 6.47. The lowest BCUT2D eigenvalue weighted by Gasteiger charge is -2.37. The molecule has 6 heteroatoms. The first-order valence-electron chi connectivity index (χ1n) is 8.28. The summed E-state index contributed by atoms with van der Waals surface area (Å²) in [5.41, 5.74) is 2.02. The third kappa shape index (κ3) is 5.48. The standard InChI is InChI=1S/C17H28N4O2/c1-13-10-15(4-7-18-13)11-19-17(23)21-8-5-16(6-9-21)20(3)12-14(2)22/h4,7,10,14,16,22H,5-6,8-9,11-12H2,1-3H3,(H,19,23). The quantitative estimate of drug-likeness (QED) is 0.860. The van der Waals surface area contributed by atoms with E-state index in [4.69, 9.17) is 0 Å². The minimum atomic E-state index is -0.315. The van der Waals surface area contributed by atoms with E-state index in [0.29, 0.717) is 19.1 Å². The summed E-state index contributed by atoms with van der Waals surface area (Å²) in [5, 5.41) is 12.4. The van der Waals surface area contributed by atoms with Gasteiger partial charge >= 0.3 is 6.03 Å². The molecule has 1 atom stereocenters. The normalized spacial score (nSPS) is 17.3. The van der Waals surface area contributed by atoms with Crippen molar-refractivity contribution in [1.29, 1.82) is 0 Å². The molecule has 128 valence electrons. The Labute approximate surface area is 138 Å². The number of rotatable bonds is 5. The first-order valence-corrected chi connectivity index (χ1v) is 8.28. The van der Waals surface area contributed by atoms with Gasteiger partial charge in [-0.2, -0.15) is 0 Å². The molecule has 2 heterocycles. The van der Waals surface area contributed by atoms with Gasteiger partial charge in [-0.15, -0.1) is 0 Å². The van der Waals surface area contributed by atoms with Crippen molar-refractivity contribution in [1.82, 2.24) is 20.1 Å². The van der Waals surface area contributed by atoms with Crippen LogP contribution in [0, 0.1) is 6.92 Å². The Hall–Kier alpha value is -1.66. The molecule has 1 aromatic rings. The molecule has 2 rings (SSSR count). The zero-order valence-corrected chi connectivity index (χ0v) is 14.3. The van der Waals surface area contributed by atoms with E-state index in [1.54, 1.807) is 13.1 Å². The van der Waals surface area contributed by atoms with E-state index in [9.17, 15) is 9.90 Å². The first-order chi connectivity index (χ1) is 11.0. The van der Waals surface area contributed by atoms with Crippen LogP contribution in [0.2, 0.25) is 0 Å². The zero-order valence-electron chi connectivity index (χ0n) is 14.3. The Morgan fingerprint density at radius 2 is 2.22 bits per heavy atom. The number of piperidine rings is 1. The average Bonchev–Trinajstić information content (AvgIpc) is 2.52. The van der Waals surface area contributed by atoms with Crippen molar-refractivity contribution in [3.8, 4) is 0 Å². The van der Waals surface area contributed by atoms with Crippen LogP contribution in [0.4, 0.5) is 4.79 Å². The maximum Gasteiger partial charge on any atom is 0.317 e. The molecule has 0 aromatic carbocycles. The van der Waals surface area contributed by atoms with E-state index >= 15 is 0 Å². The Kier molecular flexibility index (Phi) is 6.36. The summed E-state index contributed by atoms with van der Waals surface area (Å²) in [6.45, 7) is 6.48. The molecule has 1 aromatic heterocycles. The zero-order chi connectivity index (χ0) is 16.8. The topological polar surface area (TPSA) is 68.7 Å². The Bertz CT molecular complexity index is 513. The van der Waals surface area contributed by atoms with Crippen molar-refractivity contribution in [2.45, 2.75) is 45.4 Å². The first kappa shape index (κ1) is 17.7. The maximum absolute atomic E-state index is 12.3. The highest BCUT2D eigenvalue weighted by Gasteiger charge is 2.25. The lowest BCUT2D eigenvalue weighted by Crippen LogP contribution is -2.49. The van der Waals surface area contributed by atoms with Crippen LogP contribution in [-0.2, 0) is 6.54 Å². The molecule has 1 fully saturated rings. The van der Waals surface area contributed by atoms with Gasteiger partial charge in [0.05, 0.1) is 6.10 Å². The Morgan fingerprint density at radius 3 is 2.83 bits per heavy atom. The summed E-state index contributed by atoms with van der Waals surface area (Å²) >= 11 is 0. The molecule has 23 heavy (non-hydrogen) atoms. The van der Waals surface area contributed by atoms with Crippen molar-refractivity contribution >= 4 is 6.03 Å². The minimum absolute atomic E-state index is 0.00362. The summed E-state index contributed by atoms with van der Waals surface area (Å²) in [7, 11) is 2.04. The van der Waals surface area contributed by atoms with Crippen molar-refractivity contribution in [3.63, 3.8) is 0 Å². The molecule has 2 N–H and O–H groups in total.